The molecule has 0 saturated carbocycles. The lowest BCUT2D eigenvalue weighted by atomic mass is 9.31. The Morgan fingerprint density at radius 1 is 1.00 bits per heavy atom. The number of hydrogen-bond donors (Lipinski definition) is 1. The zero-order valence-electron chi connectivity index (χ0n) is 20.3. The van der Waals surface area contributed by atoms with Gasteiger partial charge in [-0.05, 0) is 29.1 Å². The van der Waals surface area contributed by atoms with E-state index in [2.05, 4.69) is 22.3 Å². The maximum atomic E-state index is 13.3. The number of piperidine rings is 1. The van der Waals surface area contributed by atoms with Gasteiger partial charge in [-0.1, -0.05) is 35.5 Å². The molecule has 1 N–H and O–H groups in total. The second-order valence-corrected chi connectivity index (χ2v) is 9.66. The Labute approximate surface area is 221 Å². The van der Waals surface area contributed by atoms with Crippen molar-refractivity contribution in [1.82, 2.24) is 15.1 Å². The Kier molecular flexibility index (Phi) is 6.75. The quantitative estimate of drug-likeness (QED) is 0.454. The van der Waals surface area contributed by atoms with Crippen LogP contribution in [0.2, 0.25) is 11.0 Å². The zero-order chi connectivity index (χ0) is 26.4. The molecule has 8 radical (unpaired) electrons. The summed E-state index contributed by atoms with van der Waals surface area (Å²) in [7, 11) is 24.4. The molecule has 8 nitrogen and oxygen atoms in total. The molecule has 2 atom stereocenters. The van der Waals surface area contributed by atoms with Gasteiger partial charge in [0, 0.05) is 30.8 Å². The summed E-state index contributed by atoms with van der Waals surface area (Å²) in [6, 6.07) is 13.2. The van der Waals surface area contributed by atoms with Crippen molar-refractivity contribution in [1.29, 1.82) is 0 Å². The summed E-state index contributed by atoms with van der Waals surface area (Å²) >= 11 is 0. The number of fused-ring (bicyclic) bond motifs is 1. The first kappa shape index (κ1) is 25.7. The van der Waals surface area contributed by atoms with E-state index in [9.17, 15) is 14.4 Å². The van der Waals surface area contributed by atoms with Crippen LogP contribution in [0.4, 0.5) is 0 Å². The standard InChI is InChI=1S/C25H23B4N3O5/c26-20-21(33)30-23(35)25(29,24(20,27)28)32-13-18-17(22(32)34)2-1-3-19(18)37-14-16-6-4-15(5-7-16)12-31-8-10-36-11-9-31/h1-7,20H,8-14H2,(H,30,33,35). The summed E-state index contributed by atoms with van der Waals surface area (Å²) in [5.41, 5.74) is 0.742. The number of nitrogens with one attached hydrogen (secondary N) is 1. The van der Waals surface area contributed by atoms with Crippen LogP contribution in [-0.2, 0) is 34.0 Å². The first-order valence-electron chi connectivity index (χ1n) is 12.0. The highest BCUT2D eigenvalue weighted by molar-refractivity contribution is 6.57. The molecule has 0 aromatic heterocycles. The van der Waals surface area contributed by atoms with E-state index >= 15 is 0 Å². The molecule has 3 heterocycles. The van der Waals surface area contributed by atoms with Crippen LogP contribution in [0.3, 0.4) is 0 Å². The number of carbonyl (C=O) groups excluding carboxylic acids is 3. The van der Waals surface area contributed by atoms with Crippen LogP contribution in [0.1, 0.15) is 27.0 Å². The molecule has 0 aliphatic carbocycles. The second kappa shape index (κ2) is 9.72. The normalized spacial score (nSPS) is 25.6. The highest BCUT2D eigenvalue weighted by Gasteiger charge is 2.59. The topological polar surface area (TPSA) is 88.2 Å². The van der Waals surface area contributed by atoms with Gasteiger partial charge in [-0.3, -0.25) is 24.6 Å². The van der Waals surface area contributed by atoms with Crippen molar-refractivity contribution in [2.45, 2.75) is 36.2 Å². The number of imide groups is 1. The molecule has 12 heteroatoms. The van der Waals surface area contributed by atoms with Crippen LogP contribution < -0.4 is 10.1 Å². The lowest BCUT2D eigenvalue weighted by Gasteiger charge is -2.55. The SMILES string of the molecule is [B]C1C(=O)NC(=O)C([B])(N2Cc3c(OCc4ccc(CN5CCOCC5)cc4)cccc3C2=O)C1([B])[B]. The Hall–Kier alpha value is -2.97. The van der Waals surface area contributed by atoms with E-state index in [1.807, 2.05) is 12.1 Å². The van der Waals surface area contributed by atoms with E-state index in [4.69, 9.17) is 40.9 Å². The number of ether oxygens (including phenoxy) is 2. The van der Waals surface area contributed by atoms with Crippen LogP contribution in [0.5, 0.6) is 5.75 Å². The van der Waals surface area contributed by atoms with E-state index < -0.39 is 34.2 Å². The first-order chi connectivity index (χ1) is 17.6. The molecule has 37 heavy (non-hydrogen) atoms. The minimum Gasteiger partial charge on any atom is -0.489 e. The van der Waals surface area contributed by atoms with Gasteiger partial charge in [0.15, 0.2) is 0 Å². The summed E-state index contributed by atoms with van der Waals surface area (Å²) < 4.78 is 11.5. The number of carbonyl (C=O) groups is 3. The van der Waals surface area contributed by atoms with Crippen LogP contribution in [0.25, 0.3) is 0 Å². The van der Waals surface area contributed by atoms with Crippen molar-refractivity contribution < 1.29 is 23.9 Å². The summed E-state index contributed by atoms with van der Waals surface area (Å²) in [5.74, 6) is -3.46. The van der Waals surface area contributed by atoms with E-state index in [0.717, 1.165) is 43.3 Å². The maximum absolute atomic E-state index is 13.3. The highest BCUT2D eigenvalue weighted by atomic mass is 16.5. The van der Waals surface area contributed by atoms with Crippen molar-refractivity contribution in [3.8, 4) is 5.75 Å². The molecule has 3 aliphatic rings. The zero-order valence-corrected chi connectivity index (χ0v) is 20.3. The lowest BCUT2D eigenvalue weighted by Crippen LogP contribution is -2.72. The van der Waals surface area contributed by atoms with Crippen LogP contribution >= 0.6 is 0 Å². The van der Waals surface area contributed by atoms with Crippen molar-refractivity contribution in [2.75, 3.05) is 26.3 Å². The van der Waals surface area contributed by atoms with Gasteiger partial charge in [-0.15, -0.1) is 0 Å². The molecule has 0 spiro atoms. The van der Waals surface area contributed by atoms with Gasteiger partial charge in [-0.2, -0.15) is 0 Å². The van der Waals surface area contributed by atoms with E-state index in [-0.39, 0.29) is 13.2 Å². The fraction of sp³-hybridized carbons (Fsp3) is 0.400. The number of rotatable bonds is 6. The summed E-state index contributed by atoms with van der Waals surface area (Å²) in [5, 5.41) is -0.132. The molecule has 180 valence electrons. The Morgan fingerprint density at radius 2 is 1.68 bits per heavy atom. The number of morpholine rings is 1. The first-order valence-corrected chi connectivity index (χ1v) is 12.0. The number of amides is 3. The molecule has 2 saturated heterocycles. The summed E-state index contributed by atoms with van der Waals surface area (Å²) in [4.78, 5) is 41.5. The van der Waals surface area contributed by atoms with Gasteiger partial charge < -0.3 is 14.4 Å². The summed E-state index contributed by atoms with van der Waals surface area (Å²) in [6.07, 6.45) is 0. The van der Waals surface area contributed by atoms with E-state index in [1.54, 1.807) is 18.2 Å². The monoisotopic (exact) mass is 489 g/mol. The molecule has 3 amide bonds. The number of nitrogens with zero attached hydrogens (tertiary/aromatic N) is 2. The molecule has 5 rings (SSSR count). The molecule has 2 unspecified atom stereocenters. The van der Waals surface area contributed by atoms with Crippen LogP contribution in [0.15, 0.2) is 42.5 Å². The van der Waals surface area contributed by atoms with Crippen molar-refractivity contribution >= 4 is 49.1 Å². The van der Waals surface area contributed by atoms with Gasteiger partial charge >= 0.3 is 0 Å². The molecule has 2 aromatic carbocycles. The second-order valence-electron chi connectivity index (χ2n) is 9.66. The predicted molar refractivity (Wildman–Crippen MR) is 139 cm³/mol. The van der Waals surface area contributed by atoms with E-state index in [0.29, 0.717) is 16.9 Å². The van der Waals surface area contributed by atoms with Crippen molar-refractivity contribution in [2.24, 2.45) is 0 Å². The number of hydrogen-bond acceptors (Lipinski definition) is 6. The molecule has 3 aliphatic heterocycles. The van der Waals surface area contributed by atoms with Gasteiger partial charge in [0.05, 0.1) is 48.7 Å². The fourth-order valence-corrected chi connectivity index (χ4v) is 4.94. The van der Waals surface area contributed by atoms with E-state index in [1.165, 1.54) is 5.56 Å². The Morgan fingerprint density at radius 3 is 2.38 bits per heavy atom. The van der Waals surface area contributed by atoms with Crippen molar-refractivity contribution in [3.05, 3.63) is 64.7 Å². The van der Waals surface area contributed by atoms with Gasteiger partial charge in [0.2, 0.25) is 11.8 Å². The predicted octanol–water partition coefficient (Wildman–Crippen LogP) is -0.0150. The third-order valence-corrected chi connectivity index (χ3v) is 7.32. The fourth-order valence-electron chi connectivity index (χ4n) is 4.94. The smallest absolute Gasteiger partial charge is 0.254 e. The maximum Gasteiger partial charge on any atom is 0.254 e. The minimum atomic E-state index is -2.26. The third kappa shape index (κ3) is 4.40. The molecule has 0 bridgehead atoms. The van der Waals surface area contributed by atoms with Crippen LogP contribution in [0, 0.1) is 0 Å². The third-order valence-electron chi connectivity index (χ3n) is 7.32. The molecular weight excluding hydrogens is 466 g/mol. The van der Waals surface area contributed by atoms with Gasteiger partial charge in [-0.25, -0.2) is 0 Å². The average Bonchev–Trinajstić information content (AvgIpc) is 3.24. The minimum absolute atomic E-state index is 0.0934. The molecular formula is C25H23B4N3O5. The van der Waals surface area contributed by atoms with Gasteiger partial charge in [0.25, 0.3) is 5.91 Å². The Bertz CT molecular complexity index is 1240. The van der Waals surface area contributed by atoms with Crippen LogP contribution in [-0.4, -0.2) is 90.6 Å². The molecule has 2 fully saturated rings. The number of benzene rings is 2. The average molecular weight is 489 g/mol. The lowest BCUT2D eigenvalue weighted by molar-refractivity contribution is -0.139. The molecule has 2 aromatic rings. The highest BCUT2D eigenvalue weighted by Crippen LogP contribution is 2.49. The Balaban J connectivity index is 1.31. The summed E-state index contributed by atoms with van der Waals surface area (Å²) in [6.45, 7) is 4.39. The largest absolute Gasteiger partial charge is 0.489 e. The van der Waals surface area contributed by atoms with Gasteiger partial charge in [0.1, 0.15) is 20.2 Å². The van der Waals surface area contributed by atoms with Crippen molar-refractivity contribution in [3.63, 3.8) is 0 Å².